The van der Waals surface area contributed by atoms with E-state index in [9.17, 15) is 24.0 Å². The lowest BCUT2D eigenvalue weighted by molar-refractivity contribution is -0.256. The van der Waals surface area contributed by atoms with E-state index < -0.39 is 60.6 Å². The number of hydrogen-bond acceptors (Lipinski definition) is 11. The zero-order chi connectivity index (χ0) is 24.5. The summed E-state index contributed by atoms with van der Waals surface area (Å²) < 4.78 is 32.1. The predicted octanol–water partition coefficient (Wildman–Crippen LogP) is 1.13. The van der Waals surface area contributed by atoms with Crippen molar-refractivity contribution in [1.82, 2.24) is 5.32 Å². The number of amides is 1. The summed E-state index contributed by atoms with van der Waals surface area (Å²) in [5.41, 5.74) is 0. The van der Waals surface area contributed by atoms with Crippen LogP contribution in [0.25, 0.3) is 0 Å². The van der Waals surface area contributed by atoms with E-state index in [1.165, 1.54) is 6.92 Å². The standard InChI is InChI=1S/C21H31NO11/c1-11(23)28-10-16-17(29-12(2)24)18(30-13(3)25)19(31-14(4)26)20(33-16)22-21(27)32-15-8-6-5-7-9-15/h15-20H,5-10H2,1-4H3,(H,22,27)/t16-,17-,18+,19+,20-/m0/s1. The second-order valence-electron chi connectivity index (χ2n) is 7.93. The highest BCUT2D eigenvalue weighted by Crippen LogP contribution is 2.29. The normalized spacial score (nSPS) is 27.6. The first-order chi connectivity index (χ1) is 15.6. The van der Waals surface area contributed by atoms with Gasteiger partial charge < -0.3 is 28.4 Å². The molecule has 1 aliphatic carbocycles. The van der Waals surface area contributed by atoms with Crippen molar-refractivity contribution in [2.75, 3.05) is 6.61 Å². The third kappa shape index (κ3) is 8.52. The van der Waals surface area contributed by atoms with Crippen molar-refractivity contribution in [2.24, 2.45) is 0 Å². The van der Waals surface area contributed by atoms with Crippen molar-refractivity contribution in [3.8, 4) is 0 Å². The van der Waals surface area contributed by atoms with Gasteiger partial charge in [0.05, 0.1) is 0 Å². The second-order valence-corrected chi connectivity index (χ2v) is 7.93. The number of rotatable bonds is 7. The van der Waals surface area contributed by atoms with E-state index in [1.807, 2.05) is 0 Å². The average Bonchev–Trinajstić information content (AvgIpc) is 2.70. The van der Waals surface area contributed by atoms with Gasteiger partial charge in [0.25, 0.3) is 0 Å². The van der Waals surface area contributed by atoms with Gasteiger partial charge in [0.15, 0.2) is 24.5 Å². The van der Waals surface area contributed by atoms with Crippen molar-refractivity contribution in [2.45, 2.75) is 96.5 Å². The van der Waals surface area contributed by atoms with Crippen LogP contribution in [0.5, 0.6) is 0 Å². The second kappa shape index (κ2) is 12.4. The van der Waals surface area contributed by atoms with Crippen LogP contribution < -0.4 is 5.32 Å². The molecule has 12 heteroatoms. The van der Waals surface area contributed by atoms with Gasteiger partial charge in [0.2, 0.25) is 0 Å². The first-order valence-electron chi connectivity index (χ1n) is 10.8. The maximum atomic E-state index is 12.5. The van der Waals surface area contributed by atoms with Crippen LogP contribution in [0, 0.1) is 0 Å². The minimum absolute atomic E-state index is 0.260. The number of nitrogens with one attached hydrogen (secondary N) is 1. The summed E-state index contributed by atoms with van der Waals surface area (Å²) in [6, 6.07) is 0. The molecule has 0 bridgehead atoms. The third-order valence-corrected chi connectivity index (χ3v) is 5.08. The minimum Gasteiger partial charge on any atom is -0.463 e. The fourth-order valence-electron chi connectivity index (χ4n) is 3.83. The Bertz CT molecular complexity index is 734. The molecule has 1 amide bonds. The van der Waals surface area contributed by atoms with Crippen LogP contribution in [0.15, 0.2) is 0 Å². The van der Waals surface area contributed by atoms with Crippen molar-refractivity contribution in [1.29, 1.82) is 0 Å². The van der Waals surface area contributed by atoms with Crippen molar-refractivity contribution in [3.05, 3.63) is 0 Å². The molecule has 0 spiro atoms. The van der Waals surface area contributed by atoms with Gasteiger partial charge in [-0.15, -0.1) is 0 Å². The molecule has 0 aromatic carbocycles. The zero-order valence-electron chi connectivity index (χ0n) is 19.2. The molecule has 1 aliphatic heterocycles. The lowest BCUT2D eigenvalue weighted by Gasteiger charge is -2.44. The molecule has 1 saturated carbocycles. The molecule has 1 saturated heterocycles. The Kier molecular flexibility index (Phi) is 9.89. The number of carbonyl (C=O) groups is 5. The smallest absolute Gasteiger partial charge is 0.409 e. The van der Waals surface area contributed by atoms with Crippen LogP contribution in [0.4, 0.5) is 4.79 Å². The molecular formula is C21H31NO11. The highest BCUT2D eigenvalue weighted by atomic mass is 16.7. The van der Waals surface area contributed by atoms with E-state index in [0.29, 0.717) is 0 Å². The van der Waals surface area contributed by atoms with Crippen LogP contribution >= 0.6 is 0 Å². The summed E-state index contributed by atoms with van der Waals surface area (Å²) in [6.07, 6.45) is -3.18. The van der Waals surface area contributed by atoms with Gasteiger partial charge in [-0.1, -0.05) is 6.42 Å². The molecule has 33 heavy (non-hydrogen) atoms. The van der Waals surface area contributed by atoms with E-state index in [1.54, 1.807) is 0 Å². The van der Waals surface area contributed by atoms with E-state index in [-0.39, 0.29) is 12.7 Å². The number of esters is 4. The van der Waals surface area contributed by atoms with E-state index in [4.69, 9.17) is 28.4 Å². The summed E-state index contributed by atoms with van der Waals surface area (Å²) in [6.45, 7) is 4.15. The maximum absolute atomic E-state index is 12.5. The fraction of sp³-hybridized carbons (Fsp3) is 0.762. The number of carbonyl (C=O) groups excluding carboxylic acids is 5. The van der Waals surface area contributed by atoms with Crippen LogP contribution in [0.3, 0.4) is 0 Å². The monoisotopic (exact) mass is 473 g/mol. The Morgan fingerprint density at radius 3 is 1.82 bits per heavy atom. The molecule has 0 aromatic heterocycles. The van der Waals surface area contributed by atoms with Gasteiger partial charge in [-0.25, -0.2) is 4.79 Å². The minimum atomic E-state index is -1.37. The summed E-state index contributed by atoms with van der Waals surface area (Å²) in [4.78, 5) is 59.2. The predicted molar refractivity (Wildman–Crippen MR) is 108 cm³/mol. The Labute approximate surface area is 191 Å². The number of alkyl carbamates (subject to hydrolysis) is 1. The lowest BCUT2D eigenvalue weighted by Crippen LogP contribution is -2.66. The summed E-state index contributed by atoms with van der Waals surface area (Å²) in [5.74, 6) is -2.88. The van der Waals surface area contributed by atoms with Gasteiger partial charge >= 0.3 is 30.0 Å². The van der Waals surface area contributed by atoms with Gasteiger partial charge in [-0.3, -0.25) is 24.5 Å². The molecule has 1 heterocycles. The maximum Gasteiger partial charge on any atom is 0.409 e. The molecule has 0 aromatic rings. The van der Waals surface area contributed by atoms with Crippen molar-refractivity contribution >= 4 is 30.0 Å². The molecule has 0 unspecified atom stereocenters. The first-order valence-corrected chi connectivity index (χ1v) is 10.8. The SMILES string of the molecule is CC(=O)OC[C@@H]1O[C@H](NC(=O)OC2CCCCC2)[C@H](OC(C)=O)[C@H](OC(C)=O)[C@H]1OC(C)=O. The van der Waals surface area contributed by atoms with E-state index >= 15 is 0 Å². The molecule has 2 aliphatic rings. The van der Waals surface area contributed by atoms with Gasteiger partial charge in [-0.05, 0) is 25.7 Å². The lowest BCUT2D eigenvalue weighted by atomic mass is 9.97. The molecule has 2 fully saturated rings. The zero-order valence-corrected chi connectivity index (χ0v) is 19.2. The summed E-state index contributed by atoms with van der Waals surface area (Å²) >= 11 is 0. The largest absolute Gasteiger partial charge is 0.463 e. The Morgan fingerprint density at radius 1 is 0.727 bits per heavy atom. The molecule has 1 N–H and O–H groups in total. The van der Waals surface area contributed by atoms with Gasteiger partial charge in [-0.2, -0.15) is 0 Å². The summed E-state index contributed by atoms with van der Waals surface area (Å²) in [7, 11) is 0. The highest BCUT2D eigenvalue weighted by molar-refractivity contribution is 5.70. The topological polar surface area (TPSA) is 153 Å². The van der Waals surface area contributed by atoms with Crippen molar-refractivity contribution < 1.29 is 52.4 Å². The van der Waals surface area contributed by atoms with Crippen LogP contribution in [-0.4, -0.2) is 73.3 Å². The molecular weight excluding hydrogens is 442 g/mol. The van der Waals surface area contributed by atoms with Crippen LogP contribution in [-0.2, 0) is 47.6 Å². The Balaban J connectivity index is 2.29. The van der Waals surface area contributed by atoms with Gasteiger partial charge in [0, 0.05) is 27.7 Å². The van der Waals surface area contributed by atoms with Gasteiger partial charge in [0.1, 0.15) is 18.8 Å². The molecule has 5 atom stereocenters. The first kappa shape index (κ1) is 26.4. The molecule has 0 radical (unpaired) electrons. The van der Waals surface area contributed by atoms with Crippen molar-refractivity contribution in [3.63, 3.8) is 0 Å². The third-order valence-electron chi connectivity index (χ3n) is 5.08. The summed E-state index contributed by atoms with van der Waals surface area (Å²) in [5, 5.41) is 2.48. The quantitative estimate of drug-likeness (QED) is 0.418. The Hall–Kier alpha value is -2.89. The number of ether oxygens (including phenoxy) is 6. The fourth-order valence-corrected chi connectivity index (χ4v) is 3.83. The van der Waals surface area contributed by atoms with E-state index in [2.05, 4.69) is 5.32 Å². The Morgan fingerprint density at radius 2 is 1.27 bits per heavy atom. The van der Waals surface area contributed by atoms with Crippen LogP contribution in [0.1, 0.15) is 59.8 Å². The van der Waals surface area contributed by atoms with E-state index in [0.717, 1.165) is 52.9 Å². The number of hydrogen-bond donors (Lipinski definition) is 1. The average molecular weight is 473 g/mol. The highest BCUT2D eigenvalue weighted by Gasteiger charge is 2.52. The molecule has 12 nitrogen and oxygen atoms in total. The van der Waals surface area contributed by atoms with Crippen LogP contribution in [0.2, 0.25) is 0 Å². The molecule has 2 rings (SSSR count). The molecule has 186 valence electrons.